The minimum absolute atomic E-state index is 0.126. The summed E-state index contributed by atoms with van der Waals surface area (Å²) in [6.07, 6.45) is 0.494. The Labute approximate surface area is 129 Å². The van der Waals surface area contributed by atoms with Crippen LogP contribution < -0.4 is 9.80 Å². The van der Waals surface area contributed by atoms with Gasteiger partial charge in [-0.05, 0) is 30.3 Å². The zero-order valence-electron chi connectivity index (χ0n) is 12.5. The van der Waals surface area contributed by atoms with Gasteiger partial charge in [0.2, 0.25) is 5.91 Å². The standard InChI is InChI=1S/C17H18N2OS/c1-4-17(20)19-13-7-5-6-8-15(13)21-16-11-12(18(2)3)9-10-14(16)19/h5-11H,4H2,1-3H3. The molecule has 0 fully saturated rings. The average Bonchev–Trinajstić information content (AvgIpc) is 2.51. The Morgan fingerprint density at radius 3 is 2.52 bits per heavy atom. The lowest BCUT2D eigenvalue weighted by Crippen LogP contribution is -2.27. The number of rotatable bonds is 2. The zero-order valence-corrected chi connectivity index (χ0v) is 13.3. The summed E-state index contributed by atoms with van der Waals surface area (Å²) >= 11 is 1.73. The van der Waals surface area contributed by atoms with E-state index in [1.165, 1.54) is 0 Å². The third-order valence-corrected chi connectivity index (χ3v) is 4.69. The van der Waals surface area contributed by atoms with Gasteiger partial charge < -0.3 is 4.90 Å². The fourth-order valence-electron chi connectivity index (χ4n) is 2.45. The predicted molar refractivity (Wildman–Crippen MR) is 88.8 cm³/mol. The van der Waals surface area contributed by atoms with Gasteiger partial charge in [-0.1, -0.05) is 30.8 Å². The maximum atomic E-state index is 12.4. The van der Waals surface area contributed by atoms with E-state index >= 15 is 0 Å². The minimum Gasteiger partial charge on any atom is -0.378 e. The first kappa shape index (κ1) is 14.0. The molecule has 0 N–H and O–H groups in total. The molecule has 0 unspecified atom stereocenters. The van der Waals surface area contributed by atoms with E-state index in [1.807, 2.05) is 50.2 Å². The zero-order chi connectivity index (χ0) is 15.0. The number of nitrogens with zero attached hydrogens (tertiary/aromatic N) is 2. The molecule has 0 saturated heterocycles. The van der Waals surface area contributed by atoms with Gasteiger partial charge in [0.05, 0.1) is 11.4 Å². The lowest BCUT2D eigenvalue weighted by atomic mass is 10.2. The van der Waals surface area contributed by atoms with Gasteiger partial charge in [0.1, 0.15) is 0 Å². The van der Waals surface area contributed by atoms with Crippen LogP contribution in [-0.4, -0.2) is 20.0 Å². The topological polar surface area (TPSA) is 23.6 Å². The van der Waals surface area contributed by atoms with Crippen molar-refractivity contribution < 1.29 is 4.79 Å². The summed E-state index contributed by atoms with van der Waals surface area (Å²) in [5.74, 6) is 0.126. The quantitative estimate of drug-likeness (QED) is 0.826. The van der Waals surface area contributed by atoms with Crippen LogP contribution in [0.15, 0.2) is 52.3 Å². The minimum atomic E-state index is 0.126. The number of fused-ring (bicyclic) bond motifs is 2. The molecule has 0 aromatic heterocycles. The van der Waals surface area contributed by atoms with E-state index in [4.69, 9.17) is 0 Å². The molecule has 0 aliphatic carbocycles. The average molecular weight is 298 g/mol. The Bertz CT molecular complexity index is 697. The van der Waals surface area contributed by atoms with E-state index in [2.05, 4.69) is 23.1 Å². The van der Waals surface area contributed by atoms with Crippen molar-refractivity contribution in [2.24, 2.45) is 0 Å². The summed E-state index contributed by atoms with van der Waals surface area (Å²) in [6.45, 7) is 1.90. The summed E-state index contributed by atoms with van der Waals surface area (Å²) in [4.78, 5) is 18.6. The van der Waals surface area contributed by atoms with Crippen molar-refractivity contribution in [2.45, 2.75) is 23.1 Å². The molecule has 1 heterocycles. The predicted octanol–water partition coefficient (Wildman–Crippen LogP) is 4.29. The lowest BCUT2D eigenvalue weighted by molar-refractivity contribution is -0.117. The van der Waals surface area contributed by atoms with Crippen LogP contribution in [0.25, 0.3) is 0 Å². The van der Waals surface area contributed by atoms with Gasteiger partial charge in [-0.2, -0.15) is 0 Å². The van der Waals surface area contributed by atoms with Crippen LogP contribution in [0.1, 0.15) is 13.3 Å². The van der Waals surface area contributed by atoms with Crippen LogP contribution in [0.2, 0.25) is 0 Å². The van der Waals surface area contributed by atoms with E-state index in [9.17, 15) is 4.79 Å². The monoisotopic (exact) mass is 298 g/mol. The van der Waals surface area contributed by atoms with Crippen LogP contribution >= 0.6 is 11.8 Å². The molecule has 1 aliphatic rings. The number of hydrogen-bond acceptors (Lipinski definition) is 3. The summed E-state index contributed by atoms with van der Waals surface area (Å²) in [5, 5.41) is 0. The second-order valence-corrected chi connectivity index (χ2v) is 6.28. The van der Waals surface area contributed by atoms with Crippen molar-refractivity contribution >= 4 is 34.7 Å². The van der Waals surface area contributed by atoms with Gasteiger partial charge in [0.25, 0.3) is 0 Å². The number of amides is 1. The number of para-hydroxylation sites is 1. The molecule has 0 saturated carbocycles. The molecule has 3 rings (SSSR count). The van der Waals surface area contributed by atoms with Crippen LogP contribution in [0.4, 0.5) is 17.1 Å². The van der Waals surface area contributed by atoms with Crippen LogP contribution in [0.3, 0.4) is 0 Å². The Morgan fingerprint density at radius 2 is 1.81 bits per heavy atom. The molecule has 0 spiro atoms. The van der Waals surface area contributed by atoms with Gasteiger partial charge in [-0.15, -0.1) is 0 Å². The maximum absolute atomic E-state index is 12.4. The van der Waals surface area contributed by atoms with Crippen molar-refractivity contribution in [3.05, 3.63) is 42.5 Å². The molecule has 2 aromatic rings. The molecule has 0 radical (unpaired) electrons. The van der Waals surface area contributed by atoms with Crippen molar-refractivity contribution in [1.82, 2.24) is 0 Å². The molecule has 21 heavy (non-hydrogen) atoms. The second-order valence-electron chi connectivity index (χ2n) is 5.20. The molecule has 108 valence electrons. The summed E-state index contributed by atoms with van der Waals surface area (Å²) in [6, 6.07) is 14.3. The molecule has 3 nitrogen and oxygen atoms in total. The van der Waals surface area contributed by atoms with Gasteiger partial charge in [0, 0.05) is 36.0 Å². The van der Waals surface area contributed by atoms with Gasteiger partial charge in [-0.25, -0.2) is 0 Å². The molecule has 2 aromatic carbocycles. The molecular formula is C17H18N2OS. The van der Waals surface area contributed by atoms with E-state index in [1.54, 1.807) is 11.8 Å². The Kier molecular flexibility index (Phi) is 3.64. The smallest absolute Gasteiger partial charge is 0.231 e. The maximum Gasteiger partial charge on any atom is 0.231 e. The van der Waals surface area contributed by atoms with Gasteiger partial charge >= 0.3 is 0 Å². The molecule has 1 aliphatic heterocycles. The molecule has 0 bridgehead atoms. The highest BCUT2D eigenvalue weighted by molar-refractivity contribution is 7.99. The first-order valence-corrected chi connectivity index (χ1v) is 7.84. The third kappa shape index (κ3) is 2.40. The number of hydrogen-bond donors (Lipinski definition) is 0. The Morgan fingerprint density at radius 1 is 1.10 bits per heavy atom. The lowest BCUT2D eigenvalue weighted by Gasteiger charge is -2.31. The molecular weight excluding hydrogens is 280 g/mol. The van der Waals surface area contributed by atoms with E-state index in [0.29, 0.717) is 6.42 Å². The van der Waals surface area contributed by atoms with E-state index in [-0.39, 0.29) is 5.91 Å². The number of carbonyl (C=O) groups excluding carboxylic acids is 1. The first-order chi connectivity index (χ1) is 10.1. The number of carbonyl (C=O) groups is 1. The third-order valence-electron chi connectivity index (χ3n) is 3.58. The summed E-state index contributed by atoms with van der Waals surface area (Å²) < 4.78 is 0. The van der Waals surface area contributed by atoms with Crippen LogP contribution in [0.5, 0.6) is 0 Å². The Hall–Kier alpha value is -1.94. The van der Waals surface area contributed by atoms with Crippen molar-refractivity contribution in [3.8, 4) is 0 Å². The largest absolute Gasteiger partial charge is 0.378 e. The highest BCUT2D eigenvalue weighted by Gasteiger charge is 2.27. The van der Waals surface area contributed by atoms with E-state index < -0.39 is 0 Å². The molecule has 1 amide bonds. The highest BCUT2D eigenvalue weighted by atomic mass is 32.2. The SMILES string of the molecule is CCC(=O)N1c2ccccc2Sc2cc(N(C)C)ccc21. The summed E-state index contributed by atoms with van der Waals surface area (Å²) in [5.41, 5.74) is 3.11. The summed E-state index contributed by atoms with van der Waals surface area (Å²) in [7, 11) is 4.05. The Balaban J connectivity index is 2.16. The molecule has 0 atom stereocenters. The van der Waals surface area contributed by atoms with Crippen LogP contribution in [0, 0.1) is 0 Å². The van der Waals surface area contributed by atoms with Crippen LogP contribution in [-0.2, 0) is 4.79 Å². The van der Waals surface area contributed by atoms with Gasteiger partial charge in [-0.3, -0.25) is 9.69 Å². The normalized spacial score (nSPS) is 12.6. The first-order valence-electron chi connectivity index (χ1n) is 7.03. The van der Waals surface area contributed by atoms with Crippen molar-refractivity contribution in [1.29, 1.82) is 0 Å². The fraction of sp³-hybridized carbons (Fsp3) is 0.235. The second kappa shape index (κ2) is 5.45. The number of benzene rings is 2. The van der Waals surface area contributed by atoms with E-state index in [0.717, 1.165) is 26.9 Å². The van der Waals surface area contributed by atoms with Crippen molar-refractivity contribution in [3.63, 3.8) is 0 Å². The van der Waals surface area contributed by atoms with Crippen molar-refractivity contribution in [2.75, 3.05) is 23.9 Å². The number of anilines is 3. The fourth-order valence-corrected chi connectivity index (χ4v) is 3.54. The molecule has 4 heteroatoms. The highest BCUT2D eigenvalue weighted by Crippen LogP contribution is 2.49. The van der Waals surface area contributed by atoms with Gasteiger partial charge in [0.15, 0.2) is 0 Å².